The maximum absolute atomic E-state index is 2.41. The molecule has 0 saturated carbocycles. The van der Waals surface area contributed by atoms with Crippen LogP contribution in [0.3, 0.4) is 0 Å². The standard InChI is InChI=1S/C21H19N2S.BrH/c1-22-19-14-8-9-15-20(19)23(16-17-10-4-2-5-11-17)21(22)24-18-12-6-3-7-13-18;/h2-15H,16H2,1H3;1H/q+1;/p-1. The van der Waals surface area contributed by atoms with Crippen LogP contribution in [0.5, 0.6) is 0 Å². The van der Waals surface area contributed by atoms with Gasteiger partial charge in [0.25, 0.3) is 0 Å². The molecule has 1 aromatic heterocycles. The van der Waals surface area contributed by atoms with Gasteiger partial charge < -0.3 is 17.0 Å². The number of para-hydroxylation sites is 2. The summed E-state index contributed by atoms with van der Waals surface area (Å²) in [7, 11) is 2.15. The number of hydrogen-bond donors (Lipinski definition) is 0. The summed E-state index contributed by atoms with van der Waals surface area (Å²) in [5.74, 6) is 0. The first-order valence-corrected chi connectivity index (χ1v) is 8.88. The van der Waals surface area contributed by atoms with E-state index in [1.165, 1.54) is 26.6 Å². The van der Waals surface area contributed by atoms with E-state index in [4.69, 9.17) is 0 Å². The van der Waals surface area contributed by atoms with Gasteiger partial charge in [0.15, 0.2) is 11.0 Å². The summed E-state index contributed by atoms with van der Waals surface area (Å²) in [6.45, 7) is 0.872. The molecule has 0 aliphatic carbocycles. The van der Waals surface area contributed by atoms with E-state index in [0.29, 0.717) is 0 Å². The summed E-state index contributed by atoms with van der Waals surface area (Å²) in [6, 6.07) is 29.8. The quantitative estimate of drug-likeness (QED) is 0.464. The molecule has 0 bridgehead atoms. The fourth-order valence-corrected chi connectivity index (χ4v) is 4.01. The molecule has 0 aliphatic heterocycles. The number of fused-ring (bicyclic) bond motifs is 1. The molecule has 0 N–H and O–H groups in total. The predicted molar refractivity (Wildman–Crippen MR) is 99.2 cm³/mol. The van der Waals surface area contributed by atoms with Crippen molar-refractivity contribution in [3.05, 3.63) is 90.5 Å². The molecule has 3 aromatic carbocycles. The summed E-state index contributed by atoms with van der Waals surface area (Å²) >= 11 is 1.81. The molecule has 25 heavy (non-hydrogen) atoms. The molecule has 0 amide bonds. The van der Waals surface area contributed by atoms with Crippen LogP contribution in [-0.2, 0) is 13.6 Å². The third-order valence-corrected chi connectivity index (χ3v) is 5.37. The van der Waals surface area contributed by atoms with Crippen molar-refractivity contribution in [2.45, 2.75) is 16.6 Å². The second kappa shape index (κ2) is 7.89. The van der Waals surface area contributed by atoms with E-state index in [1.807, 2.05) is 11.8 Å². The average Bonchev–Trinajstić information content (AvgIpc) is 2.90. The van der Waals surface area contributed by atoms with Crippen LogP contribution in [0.15, 0.2) is 95.0 Å². The SMILES string of the molecule is C[n+]1c(Sc2ccccc2)n(Cc2ccccc2)c2ccccc21.[Br-]. The third-order valence-electron chi connectivity index (χ3n) is 4.19. The second-order valence-electron chi connectivity index (χ2n) is 5.82. The smallest absolute Gasteiger partial charge is 0.323 e. The van der Waals surface area contributed by atoms with Crippen molar-refractivity contribution in [2.24, 2.45) is 7.05 Å². The van der Waals surface area contributed by atoms with Crippen molar-refractivity contribution < 1.29 is 21.5 Å². The Labute approximate surface area is 162 Å². The summed E-state index contributed by atoms with van der Waals surface area (Å²) in [6.07, 6.45) is 0. The number of imidazole rings is 1. The molecule has 0 spiro atoms. The minimum absolute atomic E-state index is 0. The van der Waals surface area contributed by atoms with E-state index in [9.17, 15) is 0 Å². The lowest BCUT2D eigenvalue weighted by atomic mass is 10.2. The van der Waals surface area contributed by atoms with Gasteiger partial charge in [0, 0.05) is 4.90 Å². The van der Waals surface area contributed by atoms with E-state index in [2.05, 4.69) is 101 Å². The van der Waals surface area contributed by atoms with Crippen LogP contribution in [-0.4, -0.2) is 4.57 Å². The molecule has 0 atom stereocenters. The van der Waals surface area contributed by atoms with Crippen molar-refractivity contribution >= 4 is 22.8 Å². The van der Waals surface area contributed by atoms with Crippen LogP contribution in [0.25, 0.3) is 11.0 Å². The Bertz CT molecular complexity index is 965. The van der Waals surface area contributed by atoms with Crippen molar-refractivity contribution in [1.29, 1.82) is 0 Å². The fraction of sp³-hybridized carbons (Fsp3) is 0.0952. The lowest BCUT2D eigenvalue weighted by molar-refractivity contribution is -0.685. The van der Waals surface area contributed by atoms with Crippen LogP contribution in [0, 0.1) is 0 Å². The number of halogens is 1. The van der Waals surface area contributed by atoms with Gasteiger partial charge in [-0.15, -0.1) is 0 Å². The molecule has 126 valence electrons. The number of rotatable bonds is 4. The molecule has 0 radical (unpaired) electrons. The first-order chi connectivity index (χ1) is 11.8. The minimum Gasteiger partial charge on any atom is -1.00 e. The maximum atomic E-state index is 2.41. The second-order valence-corrected chi connectivity index (χ2v) is 6.86. The fourth-order valence-electron chi connectivity index (χ4n) is 3.00. The van der Waals surface area contributed by atoms with Gasteiger partial charge in [-0.05, 0) is 41.6 Å². The Morgan fingerprint density at radius 1 is 0.800 bits per heavy atom. The van der Waals surface area contributed by atoms with Crippen LogP contribution < -0.4 is 21.5 Å². The van der Waals surface area contributed by atoms with Crippen molar-refractivity contribution in [3.63, 3.8) is 0 Å². The lowest BCUT2D eigenvalue weighted by Crippen LogP contribution is -3.00. The number of nitrogens with zero attached hydrogens (tertiary/aromatic N) is 2. The largest absolute Gasteiger partial charge is 1.00 e. The van der Waals surface area contributed by atoms with Gasteiger partial charge in [0.2, 0.25) is 0 Å². The summed E-state index contributed by atoms with van der Waals surface area (Å²) < 4.78 is 4.69. The highest BCUT2D eigenvalue weighted by molar-refractivity contribution is 7.99. The maximum Gasteiger partial charge on any atom is 0.323 e. The topological polar surface area (TPSA) is 8.81 Å². The molecule has 4 aromatic rings. The summed E-state index contributed by atoms with van der Waals surface area (Å²) in [5.41, 5.74) is 3.84. The zero-order valence-electron chi connectivity index (χ0n) is 14.0. The van der Waals surface area contributed by atoms with Gasteiger partial charge >= 0.3 is 5.16 Å². The Morgan fingerprint density at radius 2 is 1.40 bits per heavy atom. The van der Waals surface area contributed by atoms with Gasteiger partial charge in [0.05, 0.1) is 7.05 Å². The van der Waals surface area contributed by atoms with Gasteiger partial charge in [0.1, 0.15) is 6.54 Å². The van der Waals surface area contributed by atoms with E-state index in [1.54, 1.807) is 0 Å². The van der Waals surface area contributed by atoms with Crippen LogP contribution in [0.4, 0.5) is 0 Å². The highest BCUT2D eigenvalue weighted by Crippen LogP contribution is 2.29. The molecule has 4 rings (SSSR count). The van der Waals surface area contributed by atoms with Gasteiger partial charge in [-0.3, -0.25) is 0 Å². The van der Waals surface area contributed by atoms with E-state index in [0.717, 1.165) is 6.54 Å². The average molecular weight is 411 g/mol. The van der Waals surface area contributed by atoms with Crippen LogP contribution in [0.1, 0.15) is 5.56 Å². The normalized spacial score (nSPS) is 10.6. The Kier molecular flexibility index (Phi) is 5.61. The molecule has 4 heteroatoms. The molecule has 1 heterocycles. The first kappa shape index (κ1) is 17.8. The molecular formula is C21H19BrN2S. The molecule has 2 nitrogen and oxygen atoms in total. The Balaban J connectivity index is 0.00000182. The monoisotopic (exact) mass is 410 g/mol. The highest BCUT2D eigenvalue weighted by atomic mass is 79.9. The summed E-state index contributed by atoms with van der Waals surface area (Å²) in [4.78, 5) is 1.25. The van der Waals surface area contributed by atoms with E-state index >= 15 is 0 Å². The third kappa shape index (κ3) is 3.65. The highest BCUT2D eigenvalue weighted by Gasteiger charge is 2.23. The number of aromatic nitrogens is 2. The molecule has 0 unspecified atom stereocenters. The van der Waals surface area contributed by atoms with Crippen molar-refractivity contribution in [2.75, 3.05) is 0 Å². The van der Waals surface area contributed by atoms with Gasteiger partial charge in [-0.1, -0.05) is 60.7 Å². The zero-order chi connectivity index (χ0) is 16.4. The zero-order valence-corrected chi connectivity index (χ0v) is 16.4. The number of hydrogen-bond acceptors (Lipinski definition) is 1. The van der Waals surface area contributed by atoms with Crippen molar-refractivity contribution in [3.8, 4) is 0 Å². The molecular weight excluding hydrogens is 392 g/mol. The van der Waals surface area contributed by atoms with Gasteiger partial charge in [-0.2, -0.15) is 0 Å². The van der Waals surface area contributed by atoms with E-state index < -0.39 is 0 Å². The minimum atomic E-state index is 0. The molecule has 0 aliphatic rings. The molecule has 0 fully saturated rings. The van der Waals surface area contributed by atoms with Gasteiger partial charge in [-0.25, -0.2) is 9.13 Å². The number of aryl methyl sites for hydroxylation is 1. The predicted octanol–water partition coefficient (Wildman–Crippen LogP) is 1.67. The first-order valence-electron chi connectivity index (χ1n) is 8.07. The van der Waals surface area contributed by atoms with Crippen LogP contribution in [0.2, 0.25) is 0 Å². The molecule has 0 saturated heterocycles. The van der Waals surface area contributed by atoms with E-state index in [-0.39, 0.29) is 17.0 Å². The van der Waals surface area contributed by atoms with Crippen molar-refractivity contribution in [1.82, 2.24) is 4.57 Å². The lowest BCUT2D eigenvalue weighted by Gasteiger charge is -2.04. The Morgan fingerprint density at radius 3 is 2.12 bits per heavy atom. The summed E-state index contributed by atoms with van der Waals surface area (Å²) in [5, 5.41) is 1.24. The van der Waals surface area contributed by atoms with Crippen LogP contribution >= 0.6 is 11.8 Å². The Hall–Kier alpha value is -2.04. The number of benzene rings is 3.